The van der Waals surface area contributed by atoms with E-state index in [4.69, 9.17) is 0 Å². The molecule has 2 aliphatic heterocycles. The van der Waals surface area contributed by atoms with Crippen LogP contribution in [0.25, 0.3) is 0 Å². The van der Waals surface area contributed by atoms with Crippen LogP contribution in [0.5, 0.6) is 0 Å². The molecule has 2 rings (SSSR count). The summed E-state index contributed by atoms with van der Waals surface area (Å²) in [6.07, 6.45) is 7.45. The van der Waals surface area contributed by atoms with Crippen molar-refractivity contribution in [2.75, 3.05) is 0 Å². The average Bonchev–Trinajstić information content (AvgIpc) is 1.99. The molecule has 2 fully saturated rings. The third kappa shape index (κ3) is 1.27. The number of hydrogen-bond donors (Lipinski definition) is 0. The summed E-state index contributed by atoms with van der Waals surface area (Å²) in [5.74, 6) is 2.14. The molecule has 0 aliphatic carbocycles. The van der Waals surface area contributed by atoms with Crippen LogP contribution in [0.3, 0.4) is 0 Å². The lowest BCUT2D eigenvalue weighted by Crippen LogP contribution is -2.29. The summed E-state index contributed by atoms with van der Waals surface area (Å²) in [7, 11) is 1.52. The predicted octanol–water partition coefficient (Wildman–Crippen LogP) is 2.74. The molecule has 0 aromatic rings. The molecule has 2 bridgehead atoms. The summed E-state index contributed by atoms with van der Waals surface area (Å²) in [4.78, 5) is 0.865. The molecule has 0 amide bonds. The van der Waals surface area contributed by atoms with Crippen LogP contribution in [0, 0.1) is 0 Å². The Kier molecular flexibility index (Phi) is 2.08. The van der Waals surface area contributed by atoms with Crippen molar-refractivity contribution in [1.82, 2.24) is 0 Å². The molecule has 0 aromatic carbocycles. The highest BCUT2D eigenvalue weighted by Gasteiger charge is 2.32. The minimum absolute atomic E-state index is 0.865. The molecule has 3 atom stereocenters. The van der Waals surface area contributed by atoms with Gasteiger partial charge in [-0.25, -0.2) is 0 Å². The summed E-state index contributed by atoms with van der Waals surface area (Å²) < 4.78 is 0. The van der Waals surface area contributed by atoms with Crippen LogP contribution >= 0.6 is 15.9 Å². The standard InChI is InChI=1S/C8H14BBr/c10-8-5-4-6-2-1-3-7(8)9-6/h6-9H,1-5H2. The van der Waals surface area contributed by atoms with E-state index in [9.17, 15) is 0 Å². The zero-order valence-electron chi connectivity index (χ0n) is 6.35. The second-order valence-corrected chi connectivity index (χ2v) is 5.06. The zero-order valence-corrected chi connectivity index (χ0v) is 7.94. The minimum atomic E-state index is 0.865. The summed E-state index contributed by atoms with van der Waals surface area (Å²) in [5, 5.41) is 0. The fourth-order valence-corrected chi connectivity index (χ4v) is 3.30. The molecule has 10 heavy (non-hydrogen) atoms. The molecule has 2 heterocycles. The van der Waals surface area contributed by atoms with Crippen molar-refractivity contribution >= 4 is 23.2 Å². The molecule has 0 nitrogen and oxygen atoms in total. The van der Waals surface area contributed by atoms with Crippen molar-refractivity contribution in [3.8, 4) is 0 Å². The largest absolute Gasteiger partial charge is 0.129 e. The summed E-state index contributed by atoms with van der Waals surface area (Å²) in [6, 6.07) is 0. The van der Waals surface area contributed by atoms with E-state index in [0.717, 1.165) is 16.5 Å². The SMILES string of the molecule is BrC1CCC2BC1CCC2. The molecular weight excluding hydrogens is 187 g/mol. The van der Waals surface area contributed by atoms with Gasteiger partial charge >= 0.3 is 0 Å². The van der Waals surface area contributed by atoms with Crippen molar-refractivity contribution in [3.63, 3.8) is 0 Å². The second-order valence-electron chi connectivity index (χ2n) is 3.89. The minimum Gasteiger partial charge on any atom is -0.0895 e. The number of alkyl halides is 1. The summed E-state index contributed by atoms with van der Waals surface area (Å²) in [6.45, 7) is 0. The van der Waals surface area contributed by atoms with Crippen molar-refractivity contribution in [2.45, 2.75) is 48.6 Å². The Morgan fingerprint density at radius 1 is 1.10 bits per heavy atom. The van der Waals surface area contributed by atoms with Crippen molar-refractivity contribution in [2.24, 2.45) is 0 Å². The highest BCUT2D eigenvalue weighted by Crippen LogP contribution is 2.44. The van der Waals surface area contributed by atoms with Crippen LogP contribution < -0.4 is 0 Å². The quantitative estimate of drug-likeness (QED) is 0.417. The molecule has 2 saturated heterocycles. The third-order valence-electron chi connectivity index (χ3n) is 3.19. The van der Waals surface area contributed by atoms with Gasteiger partial charge in [-0.1, -0.05) is 53.2 Å². The average molecular weight is 201 g/mol. The lowest BCUT2D eigenvalue weighted by Gasteiger charge is -2.36. The monoisotopic (exact) mass is 200 g/mol. The van der Waals surface area contributed by atoms with Crippen molar-refractivity contribution < 1.29 is 0 Å². The smallest absolute Gasteiger partial charge is 0.0895 e. The van der Waals surface area contributed by atoms with E-state index in [2.05, 4.69) is 15.9 Å². The van der Waals surface area contributed by atoms with Crippen LogP contribution in [0.2, 0.25) is 11.6 Å². The van der Waals surface area contributed by atoms with E-state index in [1.54, 1.807) is 0 Å². The topological polar surface area (TPSA) is 0 Å². The Balaban J connectivity index is 2.00. The fourth-order valence-electron chi connectivity index (χ4n) is 2.55. The Morgan fingerprint density at radius 3 is 2.80 bits per heavy atom. The molecule has 0 saturated carbocycles. The summed E-state index contributed by atoms with van der Waals surface area (Å²) >= 11 is 3.78. The normalized spacial score (nSPS) is 46.3. The van der Waals surface area contributed by atoms with E-state index >= 15 is 0 Å². The van der Waals surface area contributed by atoms with E-state index in [-0.39, 0.29) is 0 Å². The zero-order chi connectivity index (χ0) is 6.97. The van der Waals surface area contributed by atoms with Gasteiger partial charge in [0.25, 0.3) is 0 Å². The highest BCUT2D eigenvalue weighted by atomic mass is 79.9. The van der Waals surface area contributed by atoms with Gasteiger partial charge in [0.2, 0.25) is 0 Å². The Bertz CT molecular complexity index is 124. The third-order valence-corrected chi connectivity index (χ3v) is 4.39. The molecule has 0 N–H and O–H groups in total. The van der Waals surface area contributed by atoms with Gasteiger partial charge in [-0.2, -0.15) is 0 Å². The van der Waals surface area contributed by atoms with Crippen molar-refractivity contribution in [3.05, 3.63) is 0 Å². The number of halogens is 1. The predicted molar refractivity (Wildman–Crippen MR) is 50.4 cm³/mol. The van der Waals surface area contributed by atoms with E-state index < -0.39 is 0 Å². The first kappa shape index (κ1) is 7.21. The van der Waals surface area contributed by atoms with E-state index in [1.165, 1.54) is 39.4 Å². The van der Waals surface area contributed by atoms with Crippen LogP contribution in [0.1, 0.15) is 32.1 Å². The number of rotatable bonds is 0. The van der Waals surface area contributed by atoms with Gasteiger partial charge in [-0.05, 0) is 6.42 Å². The second kappa shape index (κ2) is 2.88. The number of fused-ring (bicyclic) bond motifs is 2. The Labute approximate surface area is 72.1 Å². The fraction of sp³-hybridized carbons (Fsp3) is 1.00. The van der Waals surface area contributed by atoms with Crippen molar-refractivity contribution in [1.29, 1.82) is 0 Å². The van der Waals surface area contributed by atoms with Gasteiger partial charge in [0.15, 0.2) is 0 Å². The first-order valence-corrected chi connectivity index (χ1v) is 5.42. The number of hydrogen-bond acceptors (Lipinski definition) is 0. The molecule has 2 heteroatoms. The molecule has 0 aromatic heterocycles. The first-order valence-electron chi connectivity index (χ1n) is 4.50. The molecule has 2 aliphatic rings. The molecule has 0 radical (unpaired) electrons. The maximum atomic E-state index is 3.78. The van der Waals surface area contributed by atoms with Crippen LogP contribution in [0.15, 0.2) is 0 Å². The van der Waals surface area contributed by atoms with Crippen LogP contribution in [-0.2, 0) is 0 Å². The summed E-state index contributed by atoms with van der Waals surface area (Å²) in [5.41, 5.74) is 0. The van der Waals surface area contributed by atoms with Gasteiger partial charge in [0.05, 0.1) is 0 Å². The molecule has 0 spiro atoms. The van der Waals surface area contributed by atoms with Gasteiger partial charge in [-0.15, -0.1) is 0 Å². The molecular formula is C8H14BBr. The highest BCUT2D eigenvalue weighted by molar-refractivity contribution is 9.09. The van der Waals surface area contributed by atoms with E-state index in [0.29, 0.717) is 0 Å². The van der Waals surface area contributed by atoms with Gasteiger partial charge < -0.3 is 0 Å². The Morgan fingerprint density at radius 2 is 2.00 bits per heavy atom. The molecule has 3 unspecified atom stereocenters. The van der Waals surface area contributed by atoms with E-state index in [1.807, 2.05) is 0 Å². The lowest BCUT2D eigenvalue weighted by molar-refractivity contribution is 0.467. The van der Waals surface area contributed by atoms with Crippen LogP contribution in [-0.4, -0.2) is 12.1 Å². The lowest BCUT2D eigenvalue weighted by atomic mass is 9.44. The maximum Gasteiger partial charge on any atom is 0.129 e. The van der Waals surface area contributed by atoms with Gasteiger partial charge in [-0.3, -0.25) is 0 Å². The maximum absolute atomic E-state index is 3.78. The van der Waals surface area contributed by atoms with Gasteiger partial charge in [0, 0.05) is 4.83 Å². The first-order chi connectivity index (χ1) is 4.86. The van der Waals surface area contributed by atoms with Gasteiger partial charge in [0.1, 0.15) is 7.28 Å². The molecule has 56 valence electrons. The van der Waals surface area contributed by atoms with Crippen LogP contribution in [0.4, 0.5) is 0 Å². The Hall–Kier alpha value is 0.545.